The number of fused-ring (bicyclic) bond motifs is 1. The Morgan fingerprint density at radius 3 is 2.84 bits per heavy atom. The molecule has 132 valence electrons. The molecule has 0 aliphatic carbocycles. The fourth-order valence-corrected chi connectivity index (χ4v) is 3.58. The predicted octanol–water partition coefficient (Wildman–Crippen LogP) is 3.61. The lowest BCUT2D eigenvalue weighted by molar-refractivity contribution is -0.144. The summed E-state index contributed by atoms with van der Waals surface area (Å²) in [6.45, 7) is 4.60. The molecular formula is C19H21ClN2O3. The molecule has 0 saturated carbocycles. The maximum atomic E-state index is 12.3. The van der Waals surface area contributed by atoms with Crippen LogP contribution in [0, 0.1) is 0 Å². The van der Waals surface area contributed by atoms with Gasteiger partial charge in [-0.05, 0) is 37.1 Å². The number of rotatable bonds is 5. The van der Waals surface area contributed by atoms with Crippen molar-refractivity contribution in [1.82, 2.24) is 9.88 Å². The van der Waals surface area contributed by atoms with Crippen LogP contribution in [0.15, 0.2) is 30.3 Å². The van der Waals surface area contributed by atoms with Crippen molar-refractivity contribution in [2.24, 2.45) is 0 Å². The van der Waals surface area contributed by atoms with Crippen LogP contribution in [0.25, 0.3) is 11.1 Å². The number of carbonyl (C=O) groups is 2. The molecule has 5 nitrogen and oxygen atoms in total. The Labute approximate surface area is 151 Å². The third kappa shape index (κ3) is 3.42. The smallest absolute Gasteiger partial charge is 0.307 e. The van der Waals surface area contributed by atoms with E-state index in [0.29, 0.717) is 23.9 Å². The van der Waals surface area contributed by atoms with Crippen molar-refractivity contribution in [3.05, 3.63) is 46.7 Å². The van der Waals surface area contributed by atoms with Gasteiger partial charge in [0.25, 0.3) is 5.91 Å². The third-order valence-electron chi connectivity index (χ3n) is 4.42. The minimum atomic E-state index is -0.255. The van der Waals surface area contributed by atoms with Crippen LogP contribution in [-0.2, 0) is 16.0 Å². The van der Waals surface area contributed by atoms with Gasteiger partial charge in [0.15, 0.2) is 0 Å². The Balaban J connectivity index is 2.07. The van der Waals surface area contributed by atoms with E-state index in [1.165, 1.54) is 0 Å². The maximum Gasteiger partial charge on any atom is 0.307 e. The summed E-state index contributed by atoms with van der Waals surface area (Å²) in [6, 6.07) is 9.32. The van der Waals surface area contributed by atoms with Crippen LogP contribution in [0.5, 0.6) is 0 Å². The molecule has 0 saturated heterocycles. The van der Waals surface area contributed by atoms with Gasteiger partial charge in [0.2, 0.25) is 0 Å². The van der Waals surface area contributed by atoms with Crippen molar-refractivity contribution in [3.8, 4) is 11.1 Å². The summed E-state index contributed by atoms with van der Waals surface area (Å²) in [5, 5.41) is 3.52. The molecule has 25 heavy (non-hydrogen) atoms. The van der Waals surface area contributed by atoms with Gasteiger partial charge in [-0.1, -0.05) is 30.7 Å². The highest BCUT2D eigenvalue weighted by Gasteiger charge is 2.31. The molecule has 1 aromatic heterocycles. The molecule has 1 amide bonds. The molecule has 6 heteroatoms. The monoisotopic (exact) mass is 360 g/mol. The normalized spacial score (nSPS) is 16.3. The van der Waals surface area contributed by atoms with Gasteiger partial charge in [0, 0.05) is 22.8 Å². The average molecular weight is 361 g/mol. The summed E-state index contributed by atoms with van der Waals surface area (Å²) in [6.07, 6.45) is 0.978. The molecule has 1 N–H and O–H groups in total. The van der Waals surface area contributed by atoms with E-state index in [-0.39, 0.29) is 24.3 Å². The highest BCUT2D eigenvalue weighted by molar-refractivity contribution is 6.30. The van der Waals surface area contributed by atoms with Crippen LogP contribution < -0.4 is 5.32 Å². The topological polar surface area (TPSA) is 60.3 Å². The summed E-state index contributed by atoms with van der Waals surface area (Å²) in [7, 11) is 0. The van der Waals surface area contributed by atoms with Crippen molar-refractivity contribution in [3.63, 3.8) is 0 Å². The molecule has 1 atom stereocenters. The molecule has 2 aromatic rings. The van der Waals surface area contributed by atoms with Gasteiger partial charge in [-0.2, -0.15) is 0 Å². The number of benzene rings is 1. The first-order chi connectivity index (χ1) is 12.0. The Bertz CT molecular complexity index is 813. The van der Waals surface area contributed by atoms with E-state index in [1.54, 1.807) is 6.92 Å². The van der Waals surface area contributed by atoms with Crippen molar-refractivity contribution >= 4 is 23.5 Å². The number of nitrogens with one attached hydrogen (secondary N) is 1. The first kappa shape index (κ1) is 17.5. The number of aromatic nitrogens is 1. The fourth-order valence-electron chi connectivity index (χ4n) is 3.39. The van der Waals surface area contributed by atoms with Gasteiger partial charge in [-0.25, -0.2) is 0 Å². The van der Waals surface area contributed by atoms with E-state index in [2.05, 4.69) is 5.32 Å². The molecule has 1 aliphatic rings. The Morgan fingerprint density at radius 1 is 1.36 bits per heavy atom. The van der Waals surface area contributed by atoms with Crippen LogP contribution in [-0.4, -0.2) is 29.6 Å². The van der Waals surface area contributed by atoms with Crippen molar-refractivity contribution in [2.45, 2.75) is 32.7 Å². The van der Waals surface area contributed by atoms with Crippen molar-refractivity contribution in [1.29, 1.82) is 0 Å². The lowest BCUT2D eigenvalue weighted by Gasteiger charge is -2.28. The van der Waals surface area contributed by atoms with Crippen LogP contribution in [0.2, 0.25) is 5.02 Å². The number of hydrogen-bond acceptors (Lipinski definition) is 3. The number of amides is 1. The zero-order valence-electron chi connectivity index (χ0n) is 14.3. The molecule has 0 fully saturated rings. The summed E-state index contributed by atoms with van der Waals surface area (Å²) in [4.78, 5) is 24.3. The van der Waals surface area contributed by atoms with Gasteiger partial charge in [-0.15, -0.1) is 0 Å². The SMILES string of the molecule is CCOC(=O)CC1CNC(=O)c2cc(-c3cccc(Cl)c3)c(CC)n21. The lowest BCUT2D eigenvalue weighted by Crippen LogP contribution is -2.40. The van der Waals surface area contributed by atoms with Gasteiger partial charge in [0.05, 0.1) is 19.1 Å². The summed E-state index contributed by atoms with van der Waals surface area (Å²) < 4.78 is 7.08. The number of hydrogen-bond donors (Lipinski definition) is 1. The second-order valence-corrected chi connectivity index (χ2v) is 6.43. The second kappa shape index (κ2) is 7.31. The van der Waals surface area contributed by atoms with Crippen LogP contribution >= 0.6 is 11.6 Å². The number of ether oxygens (including phenoxy) is 1. The number of esters is 1. The van der Waals surface area contributed by atoms with Gasteiger partial charge >= 0.3 is 5.97 Å². The van der Waals surface area contributed by atoms with Gasteiger partial charge < -0.3 is 14.6 Å². The Kier molecular flexibility index (Phi) is 5.13. The largest absolute Gasteiger partial charge is 0.466 e. The maximum absolute atomic E-state index is 12.3. The molecule has 0 radical (unpaired) electrons. The lowest BCUT2D eigenvalue weighted by atomic mass is 10.0. The summed E-state index contributed by atoms with van der Waals surface area (Å²) >= 11 is 6.13. The molecule has 1 aromatic carbocycles. The molecule has 2 heterocycles. The number of carbonyl (C=O) groups excluding carboxylic acids is 2. The summed E-state index contributed by atoms with van der Waals surface area (Å²) in [5.74, 6) is -0.377. The second-order valence-electron chi connectivity index (χ2n) is 6.00. The molecule has 1 aliphatic heterocycles. The van der Waals surface area contributed by atoms with Gasteiger partial charge in [-0.3, -0.25) is 9.59 Å². The molecule has 0 bridgehead atoms. The average Bonchev–Trinajstić information content (AvgIpc) is 2.98. The highest BCUT2D eigenvalue weighted by atomic mass is 35.5. The van der Waals surface area contributed by atoms with Crippen molar-refractivity contribution in [2.75, 3.05) is 13.2 Å². The van der Waals surface area contributed by atoms with Crippen LogP contribution in [0.3, 0.4) is 0 Å². The molecular weight excluding hydrogens is 340 g/mol. The Hall–Kier alpha value is -2.27. The first-order valence-electron chi connectivity index (χ1n) is 8.49. The quantitative estimate of drug-likeness (QED) is 0.828. The van der Waals surface area contributed by atoms with E-state index < -0.39 is 0 Å². The standard InChI is InChI=1S/C19H21ClN2O3/c1-3-16-15(12-6-5-7-13(20)8-12)10-17-19(24)21-11-14(22(16)17)9-18(23)25-4-2/h5-8,10,14H,3-4,9,11H2,1-2H3,(H,21,24). The first-order valence-corrected chi connectivity index (χ1v) is 8.86. The van der Waals surface area contributed by atoms with E-state index in [4.69, 9.17) is 16.3 Å². The number of halogens is 1. The van der Waals surface area contributed by atoms with E-state index >= 15 is 0 Å². The summed E-state index contributed by atoms with van der Waals surface area (Å²) in [5.41, 5.74) is 3.55. The third-order valence-corrected chi connectivity index (χ3v) is 4.65. The minimum absolute atomic E-state index is 0.122. The zero-order valence-corrected chi connectivity index (χ0v) is 15.1. The van der Waals surface area contributed by atoms with E-state index in [1.807, 2.05) is 41.8 Å². The molecule has 3 rings (SSSR count). The predicted molar refractivity (Wildman–Crippen MR) is 96.9 cm³/mol. The number of nitrogens with zero attached hydrogens (tertiary/aromatic N) is 1. The fraction of sp³-hybridized carbons (Fsp3) is 0.368. The molecule has 1 unspecified atom stereocenters. The Morgan fingerprint density at radius 2 is 2.16 bits per heavy atom. The van der Waals surface area contributed by atoms with Crippen molar-refractivity contribution < 1.29 is 14.3 Å². The van der Waals surface area contributed by atoms with Crippen LogP contribution in [0.4, 0.5) is 0 Å². The van der Waals surface area contributed by atoms with E-state index in [0.717, 1.165) is 23.2 Å². The zero-order chi connectivity index (χ0) is 18.0. The van der Waals surface area contributed by atoms with Crippen LogP contribution in [0.1, 0.15) is 42.5 Å². The van der Waals surface area contributed by atoms with Gasteiger partial charge in [0.1, 0.15) is 5.69 Å². The molecule has 0 spiro atoms. The highest BCUT2D eigenvalue weighted by Crippen LogP contribution is 2.34. The minimum Gasteiger partial charge on any atom is -0.466 e. The van der Waals surface area contributed by atoms with E-state index in [9.17, 15) is 9.59 Å².